The number of hydrogen-bond donors (Lipinski definition) is 0. The van der Waals surface area contributed by atoms with Crippen molar-refractivity contribution in [2.24, 2.45) is 10.8 Å². The van der Waals surface area contributed by atoms with Gasteiger partial charge in [-0.05, 0) is 41.5 Å². The summed E-state index contributed by atoms with van der Waals surface area (Å²) in [4.78, 5) is 11.1. The second-order valence-corrected chi connectivity index (χ2v) is 4.68. The zero-order valence-corrected chi connectivity index (χ0v) is 8.91. The van der Waals surface area contributed by atoms with Gasteiger partial charge in [-0.1, -0.05) is 11.8 Å². The van der Waals surface area contributed by atoms with E-state index in [-0.39, 0.29) is 11.2 Å². The molecule has 0 aromatic rings. The van der Waals surface area contributed by atoms with Crippen LogP contribution < -0.4 is 0 Å². The first-order valence-electron chi connectivity index (χ1n) is 4.20. The van der Waals surface area contributed by atoms with Crippen LogP contribution in [-0.4, -0.2) is 5.78 Å². The number of Topliss-reactive ketones (excluding diaryl/α,β-unsaturated/α-hetero) is 1. The molecule has 0 heterocycles. The Labute approximate surface area is 75.5 Å². The summed E-state index contributed by atoms with van der Waals surface area (Å²) in [7, 11) is 0. The van der Waals surface area contributed by atoms with E-state index in [0.29, 0.717) is 0 Å². The van der Waals surface area contributed by atoms with Crippen LogP contribution >= 0.6 is 0 Å². The zero-order chi connectivity index (χ0) is 9.99. The van der Waals surface area contributed by atoms with Crippen molar-refractivity contribution < 1.29 is 4.79 Å². The summed E-state index contributed by atoms with van der Waals surface area (Å²) in [5.41, 5.74) is -0.514. The molecule has 0 N–H and O–H groups in total. The van der Waals surface area contributed by atoms with Gasteiger partial charge in [0.2, 0.25) is 0 Å². The van der Waals surface area contributed by atoms with Crippen molar-refractivity contribution in [1.29, 1.82) is 0 Å². The Morgan fingerprint density at radius 2 is 1.42 bits per heavy atom. The second kappa shape index (κ2) is 3.31. The normalized spacial score (nSPS) is 11.8. The molecule has 68 valence electrons. The summed E-state index contributed by atoms with van der Waals surface area (Å²) in [5, 5.41) is 0. The van der Waals surface area contributed by atoms with Gasteiger partial charge < -0.3 is 0 Å². The Balaban J connectivity index is 4.61. The molecule has 0 aromatic carbocycles. The summed E-state index contributed by atoms with van der Waals surface area (Å²) in [6.07, 6.45) is 0. The Morgan fingerprint density at radius 1 is 1.00 bits per heavy atom. The monoisotopic (exact) mass is 166 g/mol. The highest BCUT2D eigenvalue weighted by atomic mass is 16.1. The third-order valence-electron chi connectivity index (χ3n) is 1.63. The zero-order valence-electron chi connectivity index (χ0n) is 8.91. The van der Waals surface area contributed by atoms with Gasteiger partial charge in [0.25, 0.3) is 0 Å². The SMILES string of the molecule is CC(=O)C(C)(C)C#CC(C)(C)C. The molecule has 1 nitrogen and oxygen atoms in total. The van der Waals surface area contributed by atoms with E-state index in [1.54, 1.807) is 6.92 Å². The molecule has 0 aliphatic heterocycles. The van der Waals surface area contributed by atoms with Crippen LogP contribution in [0.25, 0.3) is 0 Å². The van der Waals surface area contributed by atoms with Crippen LogP contribution in [0.1, 0.15) is 41.5 Å². The van der Waals surface area contributed by atoms with Gasteiger partial charge in [-0.3, -0.25) is 4.79 Å². The fraction of sp³-hybridized carbons (Fsp3) is 0.727. The maximum absolute atomic E-state index is 11.1. The summed E-state index contributed by atoms with van der Waals surface area (Å²) in [5.74, 6) is 6.20. The van der Waals surface area contributed by atoms with Crippen molar-refractivity contribution in [3.8, 4) is 11.8 Å². The van der Waals surface area contributed by atoms with Crippen LogP contribution in [0.2, 0.25) is 0 Å². The Morgan fingerprint density at radius 3 is 1.67 bits per heavy atom. The van der Waals surface area contributed by atoms with Crippen LogP contribution in [0.4, 0.5) is 0 Å². The van der Waals surface area contributed by atoms with E-state index in [4.69, 9.17) is 0 Å². The molecule has 0 aliphatic rings. The molecule has 0 amide bonds. The molecule has 12 heavy (non-hydrogen) atoms. The third-order valence-corrected chi connectivity index (χ3v) is 1.63. The van der Waals surface area contributed by atoms with E-state index in [0.717, 1.165) is 0 Å². The Kier molecular flexibility index (Phi) is 3.10. The summed E-state index contributed by atoms with van der Waals surface area (Å²) < 4.78 is 0. The van der Waals surface area contributed by atoms with Gasteiger partial charge in [0.05, 0.1) is 5.41 Å². The fourth-order valence-electron chi connectivity index (χ4n) is 0.432. The predicted molar refractivity (Wildman–Crippen MR) is 51.7 cm³/mol. The summed E-state index contributed by atoms with van der Waals surface area (Å²) >= 11 is 0. The molecule has 1 heteroatoms. The maximum atomic E-state index is 11.1. The smallest absolute Gasteiger partial charge is 0.147 e. The molecule has 0 radical (unpaired) electrons. The largest absolute Gasteiger partial charge is 0.298 e. The van der Waals surface area contributed by atoms with E-state index in [2.05, 4.69) is 11.8 Å². The molecule has 0 saturated carbocycles. The fourth-order valence-corrected chi connectivity index (χ4v) is 0.432. The first-order chi connectivity index (χ1) is 5.15. The minimum absolute atomic E-state index is 0.0211. The van der Waals surface area contributed by atoms with Gasteiger partial charge >= 0.3 is 0 Å². The molecular formula is C11H18O. The Bertz CT molecular complexity index is 230. The van der Waals surface area contributed by atoms with E-state index >= 15 is 0 Å². The lowest BCUT2D eigenvalue weighted by atomic mass is 9.87. The van der Waals surface area contributed by atoms with Crippen molar-refractivity contribution in [2.45, 2.75) is 41.5 Å². The van der Waals surface area contributed by atoms with Crippen LogP contribution in [0.15, 0.2) is 0 Å². The average Bonchev–Trinajstić information content (AvgIpc) is 1.82. The molecule has 0 bridgehead atoms. The Hall–Kier alpha value is -0.770. The minimum atomic E-state index is -0.493. The van der Waals surface area contributed by atoms with Gasteiger partial charge in [-0.15, -0.1) is 0 Å². The highest BCUT2D eigenvalue weighted by Crippen LogP contribution is 2.17. The summed E-state index contributed by atoms with van der Waals surface area (Å²) in [6.45, 7) is 11.4. The van der Waals surface area contributed by atoms with Crippen LogP contribution in [0.5, 0.6) is 0 Å². The number of rotatable bonds is 1. The van der Waals surface area contributed by atoms with Crippen molar-refractivity contribution in [3.63, 3.8) is 0 Å². The maximum Gasteiger partial charge on any atom is 0.147 e. The number of carbonyl (C=O) groups excluding carboxylic acids is 1. The van der Waals surface area contributed by atoms with Crippen LogP contribution in [0, 0.1) is 22.7 Å². The lowest BCUT2D eigenvalue weighted by Crippen LogP contribution is -2.19. The lowest BCUT2D eigenvalue weighted by molar-refractivity contribution is -0.122. The molecular weight excluding hydrogens is 148 g/mol. The molecule has 0 unspecified atom stereocenters. The predicted octanol–water partition coefficient (Wildman–Crippen LogP) is 2.65. The molecule has 0 atom stereocenters. The lowest BCUT2D eigenvalue weighted by Gasteiger charge is -2.14. The van der Waals surface area contributed by atoms with Crippen molar-refractivity contribution in [3.05, 3.63) is 0 Å². The molecule has 0 fully saturated rings. The molecule has 0 saturated heterocycles. The first kappa shape index (κ1) is 11.2. The topological polar surface area (TPSA) is 17.1 Å². The number of carbonyl (C=O) groups is 1. The van der Waals surface area contributed by atoms with Gasteiger partial charge in [0.15, 0.2) is 0 Å². The van der Waals surface area contributed by atoms with Gasteiger partial charge in [-0.2, -0.15) is 0 Å². The second-order valence-electron chi connectivity index (χ2n) is 4.68. The number of ketones is 1. The van der Waals surface area contributed by atoms with Gasteiger partial charge in [0.1, 0.15) is 5.78 Å². The average molecular weight is 166 g/mol. The van der Waals surface area contributed by atoms with Crippen molar-refractivity contribution in [1.82, 2.24) is 0 Å². The van der Waals surface area contributed by atoms with E-state index in [9.17, 15) is 4.79 Å². The van der Waals surface area contributed by atoms with E-state index in [1.165, 1.54) is 0 Å². The van der Waals surface area contributed by atoms with Crippen molar-refractivity contribution in [2.75, 3.05) is 0 Å². The highest BCUT2D eigenvalue weighted by molar-refractivity contribution is 5.84. The van der Waals surface area contributed by atoms with Crippen LogP contribution in [-0.2, 0) is 4.79 Å². The quantitative estimate of drug-likeness (QED) is 0.547. The first-order valence-corrected chi connectivity index (χ1v) is 4.20. The van der Waals surface area contributed by atoms with Crippen molar-refractivity contribution >= 4 is 5.78 Å². The number of hydrogen-bond acceptors (Lipinski definition) is 1. The highest BCUT2D eigenvalue weighted by Gasteiger charge is 2.20. The minimum Gasteiger partial charge on any atom is -0.298 e. The summed E-state index contributed by atoms with van der Waals surface area (Å²) in [6, 6.07) is 0. The third kappa shape index (κ3) is 4.18. The molecule has 0 aliphatic carbocycles. The standard InChI is InChI=1S/C11H18O/c1-9(12)11(5,6)8-7-10(2,3)4/h1-6H3. The molecule has 0 aromatic heterocycles. The van der Waals surface area contributed by atoms with Gasteiger partial charge in [0, 0.05) is 5.41 Å². The molecule has 0 rings (SSSR count). The van der Waals surface area contributed by atoms with Gasteiger partial charge in [-0.25, -0.2) is 0 Å². The molecule has 0 spiro atoms. The van der Waals surface area contributed by atoms with E-state index in [1.807, 2.05) is 34.6 Å². The van der Waals surface area contributed by atoms with E-state index < -0.39 is 5.41 Å². The van der Waals surface area contributed by atoms with Crippen LogP contribution in [0.3, 0.4) is 0 Å².